The molecule has 27 heavy (non-hydrogen) atoms. The molecule has 0 saturated carbocycles. The van der Waals surface area contributed by atoms with Crippen LogP contribution in [0.25, 0.3) is 5.65 Å². The highest BCUT2D eigenvalue weighted by atomic mass is 16.2. The topological polar surface area (TPSA) is 78.2 Å². The summed E-state index contributed by atoms with van der Waals surface area (Å²) in [4.78, 5) is 47.8. The molecule has 8 nitrogen and oxygen atoms in total. The molecular formula is C19H23N5O3. The number of amides is 3. The van der Waals surface area contributed by atoms with E-state index in [4.69, 9.17) is 0 Å². The number of aromatic nitrogens is 2. The fourth-order valence-corrected chi connectivity index (χ4v) is 4.10. The van der Waals surface area contributed by atoms with Crippen molar-refractivity contribution >= 4 is 17.6 Å². The van der Waals surface area contributed by atoms with Crippen molar-refractivity contribution in [3.8, 4) is 0 Å². The number of pyridine rings is 1. The van der Waals surface area contributed by atoms with Crippen LogP contribution in [0.15, 0.2) is 35.4 Å². The van der Waals surface area contributed by atoms with Crippen molar-refractivity contribution in [1.82, 2.24) is 24.1 Å². The zero-order valence-corrected chi connectivity index (χ0v) is 15.5. The highest BCUT2D eigenvalue weighted by molar-refractivity contribution is 5.94. The number of piperidine rings is 1. The van der Waals surface area contributed by atoms with E-state index in [2.05, 4.69) is 4.98 Å². The molecule has 0 spiro atoms. The molecule has 0 N–H and O–H groups in total. The standard InChI is InChI=1S/C19H23N5O3/c1-21(2)19(27)22-10-13-6-7-14(12-22)24(11-13)18(26)15-9-20-16-5-3-4-8-23(16)17(15)25/h3-5,8-9,13-14H,6-7,10-12H2,1-2H3/t13-,14+/m1/s1. The maximum atomic E-state index is 13.2. The largest absolute Gasteiger partial charge is 0.333 e. The maximum Gasteiger partial charge on any atom is 0.319 e. The average molecular weight is 369 g/mol. The van der Waals surface area contributed by atoms with Gasteiger partial charge in [0.1, 0.15) is 11.2 Å². The van der Waals surface area contributed by atoms with Crippen LogP contribution >= 0.6 is 0 Å². The van der Waals surface area contributed by atoms with Gasteiger partial charge in [-0.05, 0) is 30.9 Å². The van der Waals surface area contributed by atoms with Crippen LogP contribution in [0.5, 0.6) is 0 Å². The van der Waals surface area contributed by atoms with Gasteiger partial charge in [0.2, 0.25) is 0 Å². The van der Waals surface area contributed by atoms with Gasteiger partial charge in [-0.1, -0.05) is 6.07 Å². The van der Waals surface area contributed by atoms with Gasteiger partial charge in [0.15, 0.2) is 0 Å². The summed E-state index contributed by atoms with van der Waals surface area (Å²) in [7, 11) is 3.47. The highest BCUT2D eigenvalue weighted by Gasteiger charge is 2.39. The third-order valence-corrected chi connectivity index (χ3v) is 5.47. The molecule has 3 aliphatic heterocycles. The third kappa shape index (κ3) is 3.05. The summed E-state index contributed by atoms with van der Waals surface area (Å²) in [6, 6.07) is 5.16. The number of rotatable bonds is 1. The van der Waals surface area contributed by atoms with Gasteiger partial charge in [-0.2, -0.15) is 0 Å². The number of carbonyl (C=O) groups excluding carboxylic acids is 2. The number of hydrogen-bond donors (Lipinski definition) is 0. The Morgan fingerprint density at radius 1 is 1.15 bits per heavy atom. The average Bonchev–Trinajstić information content (AvgIpc) is 2.99. The van der Waals surface area contributed by atoms with E-state index in [-0.39, 0.29) is 35.0 Å². The van der Waals surface area contributed by atoms with Gasteiger partial charge in [0.05, 0.1) is 0 Å². The molecule has 2 atom stereocenters. The van der Waals surface area contributed by atoms with Gasteiger partial charge in [0.25, 0.3) is 11.5 Å². The summed E-state index contributed by atoms with van der Waals surface area (Å²) in [6.45, 7) is 1.71. The summed E-state index contributed by atoms with van der Waals surface area (Å²) in [5, 5.41) is 0. The van der Waals surface area contributed by atoms with Gasteiger partial charge >= 0.3 is 6.03 Å². The van der Waals surface area contributed by atoms with Crippen molar-refractivity contribution < 1.29 is 9.59 Å². The smallest absolute Gasteiger partial charge is 0.319 e. The summed E-state index contributed by atoms with van der Waals surface area (Å²) < 4.78 is 1.39. The summed E-state index contributed by atoms with van der Waals surface area (Å²) in [5.41, 5.74) is 0.239. The number of nitrogens with zero attached hydrogens (tertiary/aromatic N) is 5. The SMILES string of the molecule is CN(C)C(=O)N1C[C@H]2CC[C@@H](C1)N(C(=O)c1cnc3ccccn3c1=O)C2. The van der Waals surface area contributed by atoms with Crippen molar-refractivity contribution in [3.05, 3.63) is 46.5 Å². The lowest BCUT2D eigenvalue weighted by Crippen LogP contribution is -2.49. The Labute approximate surface area is 157 Å². The maximum absolute atomic E-state index is 13.2. The minimum Gasteiger partial charge on any atom is -0.333 e. The van der Waals surface area contributed by atoms with Gasteiger partial charge in [-0.15, -0.1) is 0 Å². The first kappa shape index (κ1) is 17.5. The lowest BCUT2D eigenvalue weighted by molar-refractivity contribution is 0.0583. The second-order valence-corrected chi connectivity index (χ2v) is 7.54. The highest BCUT2D eigenvalue weighted by Crippen LogP contribution is 2.29. The molecular weight excluding hydrogens is 346 g/mol. The predicted molar refractivity (Wildman–Crippen MR) is 99.7 cm³/mol. The first-order chi connectivity index (χ1) is 13.0. The van der Waals surface area contributed by atoms with Crippen LogP contribution in [-0.2, 0) is 0 Å². The molecule has 0 radical (unpaired) electrons. The van der Waals surface area contributed by atoms with Crippen LogP contribution in [0.3, 0.4) is 0 Å². The van der Waals surface area contributed by atoms with Gasteiger partial charge in [0, 0.05) is 52.2 Å². The molecule has 5 heterocycles. The van der Waals surface area contributed by atoms with Crippen LogP contribution in [0.4, 0.5) is 4.79 Å². The Hall–Kier alpha value is -2.90. The van der Waals surface area contributed by atoms with Crippen LogP contribution in [-0.4, -0.2) is 75.8 Å². The van der Waals surface area contributed by atoms with Crippen molar-refractivity contribution in [3.63, 3.8) is 0 Å². The van der Waals surface area contributed by atoms with Crippen LogP contribution in [0.1, 0.15) is 23.2 Å². The molecule has 5 rings (SSSR count). The first-order valence-electron chi connectivity index (χ1n) is 9.19. The Bertz CT molecular complexity index is 954. The molecule has 3 aliphatic rings. The van der Waals surface area contributed by atoms with Crippen molar-refractivity contribution in [1.29, 1.82) is 0 Å². The van der Waals surface area contributed by atoms with Crippen molar-refractivity contribution in [2.75, 3.05) is 33.7 Å². The summed E-state index contributed by atoms with van der Waals surface area (Å²) >= 11 is 0. The van der Waals surface area contributed by atoms with Crippen LogP contribution in [0, 0.1) is 5.92 Å². The molecule has 3 fully saturated rings. The lowest BCUT2D eigenvalue weighted by atomic mass is 9.94. The van der Waals surface area contributed by atoms with Crippen LogP contribution in [0.2, 0.25) is 0 Å². The second-order valence-electron chi connectivity index (χ2n) is 7.54. The first-order valence-corrected chi connectivity index (χ1v) is 9.19. The van der Waals surface area contributed by atoms with Crippen molar-refractivity contribution in [2.45, 2.75) is 18.9 Å². The third-order valence-electron chi connectivity index (χ3n) is 5.47. The van der Waals surface area contributed by atoms with Gasteiger partial charge in [-0.25, -0.2) is 9.78 Å². The van der Waals surface area contributed by atoms with E-state index in [0.717, 1.165) is 12.8 Å². The predicted octanol–water partition coefficient (Wildman–Crippen LogP) is 0.912. The monoisotopic (exact) mass is 369 g/mol. The molecule has 8 heteroatoms. The second kappa shape index (κ2) is 6.68. The molecule has 0 aromatic carbocycles. The minimum atomic E-state index is -0.355. The van der Waals surface area contributed by atoms with Gasteiger partial charge < -0.3 is 14.7 Å². The zero-order chi connectivity index (χ0) is 19.1. The number of carbonyl (C=O) groups is 2. The molecule has 0 aliphatic carbocycles. The molecule has 3 amide bonds. The number of hydrogen-bond acceptors (Lipinski definition) is 4. The molecule has 142 valence electrons. The Morgan fingerprint density at radius 2 is 1.96 bits per heavy atom. The van der Waals surface area contributed by atoms with E-state index in [1.807, 2.05) is 4.90 Å². The molecule has 2 bridgehead atoms. The minimum absolute atomic E-state index is 0.0337. The normalized spacial score (nSPS) is 22.0. The zero-order valence-electron chi connectivity index (χ0n) is 15.5. The summed E-state index contributed by atoms with van der Waals surface area (Å²) in [6.07, 6.45) is 4.82. The molecule has 2 aromatic heterocycles. The lowest BCUT2D eigenvalue weighted by Gasteiger charge is -2.35. The van der Waals surface area contributed by atoms with E-state index in [9.17, 15) is 14.4 Å². The van der Waals surface area contributed by atoms with E-state index in [1.54, 1.807) is 48.3 Å². The van der Waals surface area contributed by atoms with Crippen LogP contribution < -0.4 is 5.56 Å². The Morgan fingerprint density at radius 3 is 2.74 bits per heavy atom. The van der Waals surface area contributed by atoms with E-state index >= 15 is 0 Å². The molecule has 3 saturated heterocycles. The van der Waals surface area contributed by atoms with E-state index in [0.29, 0.717) is 25.3 Å². The molecule has 0 unspecified atom stereocenters. The Balaban J connectivity index is 1.64. The molecule has 2 aromatic rings. The Kier molecular flexibility index (Phi) is 4.33. The fraction of sp³-hybridized carbons (Fsp3) is 0.474. The van der Waals surface area contributed by atoms with E-state index in [1.165, 1.54) is 10.6 Å². The van der Waals surface area contributed by atoms with Gasteiger partial charge in [-0.3, -0.25) is 14.0 Å². The number of fused-ring (bicyclic) bond motifs is 5. The summed E-state index contributed by atoms with van der Waals surface area (Å²) in [5.74, 6) is -0.0626. The fourth-order valence-electron chi connectivity index (χ4n) is 4.10. The van der Waals surface area contributed by atoms with Crippen molar-refractivity contribution in [2.24, 2.45) is 5.92 Å². The van der Waals surface area contributed by atoms with E-state index < -0.39 is 0 Å². The quantitative estimate of drug-likeness (QED) is 0.749. The number of urea groups is 1.